The normalized spacial score (nSPS) is 20.6. The molecule has 0 spiro atoms. The van der Waals surface area contributed by atoms with E-state index in [-0.39, 0.29) is 0 Å². The van der Waals surface area contributed by atoms with Gasteiger partial charge in [0.2, 0.25) is 5.88 Å². The van der Waals surface area contributed by atoms with Crippen molar-refractivity contribution < 1.29 is 4.74 Å². The van der Waals surface area contributed by atoms with Crippen LogP contribution in [0.1, 0.15) is 37.8 Å². The van der Waals surface area contributed by atoms with Crippen molar-refractivity contribution in [3.8, 4) is 5.88 Å². The molecule has 1 fully saturated rings. The van der Waals surface area contributed by atoms with Crippen molar-refractivity contribution in [1.29, 1.82) is 0 Å². The van der Waals surface area contributed by atoms with E-state index in [4.69, 9.17) is 16.3 Å². The third-order valence-corrected chi connectivity index (χ3v) is 5.07. The summed E-state index contributed by atoms with van der Waals surface area (Å²) in [7, 11) is 0. The number of benzene rings is 1. The highest BCUT2D eigenvalue weighted by Gasteiger charge is 2.24. The molecule has 124 valence electrons. The first-order chi connectivity index (χ1) is 11.7. The SMILES string of the molecule is C[C@H]1CC[C@H](n2ccc3c(OCc4ccc(Cl)cc4)ncnc32)C1. The molecule has 2 heterocycles. The van der Waals surface area contributed by atoms with E-state index >= 15 is 0 Å². The zero-order chi connectivity index (χ0) is 16.5. The molecule has 0 aliphatic heterocycles. The second-order valence-corrected chi connectivity index (χ2v) is 7.06. The number of fused-ring (bicyclic) bond motifs is 1. The summed E-state index contributed by atoms with van der Waals surface area (Å²) in [5.41, 5.74) is 2.03. The summed E-state index contributed by atoms with van der Waals surface area (Å²) in [6.45, 7) is 2.79. The molecule has 3 aromatic rings. The van der Waals surface area contributed by atoms with E-state index in [0.29, 0.717) is 18.5 Å². The van der Waals surface area contributed by atoms with Crippen molar-refractivity contribution in [1.82, 2.24) is 14.5 Å². The Morgan fingerprint density at radius 2 is 2.00 bits per heavy atom. The van der Waals surface area contributed by atoms with Crippen molar-refractivity contribution in [3.05, 3.63) is 53.4 Å². The summed E-state index contributed by atoms with van der Waals surface area (Å²) >= 11 is 5.92. The topological polar surface area (TPSA) is 39.9 Å². The highest BCUT2D eigenvalue weighted by Crippen LogP contribution is 2.37. The lowest BCUT2D eigenvalue weighted by atomic mass is 10.1. The van der Waals surface area contributed by atoms with Crippen LogP contribution in [-0.4, -0.2) is 14.5 Å². The van der Waals surface area contributed by atoms with Gasteiger partial charge in [-0.05, 0) is 48.9 Å². The lowest BCUT2D eigenvalue weighted by Crippen LogP contribution is -2.05. The van der Waals surface area contributed by atoms with Gasteiger partial charge in [-0.2, -0.15) is 0 Å². The lowest BCUT2D eigenvalue weighted by Gasteiger charge is -2.13. The van der Waals surface area contributed by atoms with E-state index in [9.17, 15) is 0 Å². The van der Waals surface area contributed by atoms with Crippen LogP contribution in [0.4, 0.5) is 0 Å². The first kappa shape index (κ1) is 15.5. The van der Waals surface area contributed by atoms with Crippen molar-refractivity contribution in [2.75, 3.05) is 0 Å². The van der Waals surface area contributed by atoms with Crippen LogP contribution < -0.4 is 4.74 Å². The molecule has 24 heavy (non-hydrogen) atoms. The van der Waals surface area contributed by atoms with Gasteiger partial charge in [0.05, 0.1) is 5.39 Å². The van der Waals surface area contributed by atoms with Crippen LogP contribution in [-0.2, 0) is 6.61 Å². The predicted molar refractivity (Wildman–Crippen MR) is 95.4 cm³/mol. The Hall–Kier alpha value is -2.07. The standard InChI is InChI=1S/C19H20ClN3O/c1-13-2-7-16(10-13)23-9-8-17-18(23)21-12-22-19(17)24-11-14-3-5-15(20)6-4-14/h3-6,8-9,12-13,16H,2,7,10-11H2,1H3/t13-,16-/m0/s1. The second kappa shape index (κ2) is 6.44. The van der Waals surface area contributed by atoms with Crippen LogP contribution in [0.2, 0.25) is 5.02 Å². The Morgan fingerprint density at radius 3 is 2.75 bits per heavy atom. The number of halogens is 1. The van der Waals surface area contributed by atoms with Crippen LogP contribution in [0.3, 0.4) is 0 Å². The van der Waals surface area contributed by atoms with Gasteiger partial charge in [-0.25, -0.2) is 9.97 Å². The van der Waals surface area contributed by atoms with E-state index in [0.717, 1.165) is 27.5 Å². The largest absolute Gasteiger partial charge is 0.472 e. The Bertz CT molecular complexity index is 843. The van der Waals surface area contributed by atoms with Gasteiger partial charge in [-0.15, -0.1) is 0 Å². The molecule has 1 aliphatic rings. The van der Waals surface area contributed by atoms with Crippen molar-refractivity contribution in [2.45, 2.75) is 38.8 Å². The molecule has 1 aromatic carbocycles. The molecule has 5 heteroatoms. The number of ether oxygens (including phenoxy) is 1. The van der Waals surface area contributed by atoms with Gasteiger partial charge in [0.25, 0.3) is 0 Å². The average Bonchev–Trinajstić information content (AvgIpc) is 3.20. The Labute approximate surface area is 146 Å². The number of rotatable bonds is 4. The number of aromatic nitrogens is 3. The van der Waals surface area contributed by atoms with Gasteiger partial charge < -0.3 is 9.30 Å². The quantitative estimate of drug-likeness (QED) is 0.668. The van der Waals surface area contributed by atoms with Crippen LogP contribution in [0.25, 0.3) is 11.0 Å². The molecule has 0 N–H and O–H groups in total. The van der Waals surface area contributed by atoms with E-state index in [1.807, 2.05) is 24.3 Å². The van der Waals surface area contributed by atoms with E-state index in [1.54, 1.807) is 6.33 Å². The number of nitrogens with zero attached hydrogens (tertiary/aromatic N) is 3. The molecule has 0 bridgehead atoms. The minimum atomic E-state index is 0.467. The third kappa shape index (κ3) is 2.98. The van der Waals surface area contributed by atoms with Gasteiger partial charge in [0.1, 0.15) is 18.6 Å². The Morgan fingerprint density at radius 1 is 1.17 bits per heavy atom. The molecular formula is C19H20ClN3O. The van der Waals surface area contributed by atoms with E-state index < -0.39 is 0 Å². The van der Waals surface area contributed by atoms with Crippen LogP contribution in [0.15, 0.2) is 42.9 Å². The van der Waals surface area contributed by atoms with Gasteiger partial charge in [0, 0.05) is 17.3 Å². The molecule has 4 nitrogen and oxygen atoms in total. The zero-order valence-electron chi connectivity index (χ0n) is 13.7. The van der Waals surface area contributed by atoms with Crippen LogP contribution in [0.5, 0.6) is 5.88 Å². The number of hydrogen-bond donors (Lipinski definition) is 0. The average molecular weight is 342 g/mol. The summed E-state index contributed by atoms with van der Waals surface area (Å²) < 4.78 is 8.22. The summed E-state index contributed by atoms with van der Waals surface area (Å²) in [4.78, 5) is 8.81. The van der Waals surface area contributed by atoms with Crippen molar-refractivity contribution in [3.63, 3.8) is 0 Å². The first-order valence-corrected chi connectivity index (χ1v) is 8.77. The van der Waals surface area contributed by atoms with Crippen LogP contribution >= 0.6 is 11.6 Å². The van der Waals surface area contributed by atoms with Crippen molar-refractivity contribution in [2.24, 2.45) is 5.92 Å². The summed E-state index contributed by atoms with van der Waals surface area (Å²) in [5, 5.41) is 1.71. The molecule has 0 radical (unpaired) electrons. The minimum absolute atomic E-state index is 0.467. The fourth-order valence-corrected chi connectivity index (χ4v) is 3.65. The maximum absolute atomic E-state index is 5.93. The molecular weight excluding hydrogens is 322 g/mol. The fourth-order valence-electron chi connectivity index (χ4n) is 3.52. The Balaban J connectivity index is 1.57. The molecule has 2 atom stereocenters. The highest BCUT2D eigenvalue weighted by atomic mass is 35.5. The molecule has 1 saturated carbocycles. The second-order valence-electron chi connectivity index (χ2n) is 6.63. The number of hydrogen-bond acceptors (Lipinski definition) is 3. The molecule has 4 rings (SSSR count). The highest BCUT2D eigenvalue weighted by molar-refractivity contribution is 6.30. The molecule has 0 amide bonds. The minimum Gasteiger partial charge on any atom is -0.472 e. The van der Waals surface area contributed by atoms with Gasteiger partial charge in [0.15, 0.2) is 0 Å². The van der Waals surface area contributed by atoms with Gasteiger partial charge >= 0.3 is 0 Å². The summed E-state index contributed by atoms with van der Waals surface area (Å²) in [6.07, 6.45) is 7.44. The van der Waals surface area contributed by atoms with Crippen molar-refractivity contribution >= 4 is 22.6 Å². The van der Waals surface area contributed by atoms with Crippen LogP contribution in [0, 0.1) is 5.92 Å². The Kier molecular flexibility index (Phi) is 4.15. The lowest BCUT2D eigenvalue weighted by molar-refractivity contribution is 0.297. The maximum Gasteiger partial charge on any atom is 0.226 e. The maximum atomic E-state index is 5.93. The molecule has 2 aromatic heterocycles. The third-order valence-electron chi connectivity index (χ3n) is 4.82. The molecule has 0 unspecified atom stereocenters. The fraction of sp³-hybridized carbons (Fsp3) is 0.368. The van der Waals surface area contributed by atoms with E-state index in [1.165, 1.54) is 19.3 Å². The molecule has 0 saturated heterocycles. The summed E-state index contributed by atoms with van der Waals surface area (Å²) in [6, 6.07) is 10.3. The zero-order valence-corrected chi connectivity index (χ0v) is 14.4. The monoisotopic (exact) mass is 341 g/mol. The summed E-state index contributed by atoms with van der Waals surface area (Å²) in [5.74, 6) is 1.43. The van der Waals surface area contributed by atoms with E-state index in [2.05, 4.69) is 33.7 Å². The van der Waals surface area contributed by atoms with Gasteiger partial charge in [-0.1, -0.05) is 30.7 Å². The first-order valence-electron chi connectivity index (χ1n) is 8.39. The predicted octanol–water partition coefficient (Wildman–Crippen LogP) is 5.02. The smallest absolute Gasteiger partial charge is 0.226 e. The van der Waals surface area contributed by atoms with Gasteiger partial charge in [-0.3, -0.25) is 0 Å². The molecule has 1 aliphatic carbocycles.